The van der Waals surface area contributed by atoms with Crippen molar-refractivity contribution in [2.24, 2.45) is 0 Å². The zero-order chi connectivity index (χ0) is 13.3. The molecule has 0 unspecified atom stereocenters. The van der Waals surface area contributed by atoms with Gasteiger partial charge in [-0.3, -0.25) is 4.72 Å². The van der Waals surface area contributed by atoms with Gasteiger partial charge in [0.2, 0.25) is 0 Å². The number of rotatable bonds is 3. The molecule has 0 aliphatic carbocycles. The highest BCUT2D eigenvalue weighted by atomic mass is 79.9. The largest absolute Gasteiger partial charge is 0.279 e. The Labute approximate surface area is 127 Å². The lowest BCUT2D eigenvalue weighted by Gasteiger charge is -2.07. The molecular weight excluding hydrogens is 402 g/mol. The first-order valence-electron chi connectivity index (χ1n) is 4.92. The average Bonchev–Trinajstić information content (AvgIpc) is 2.62. The molecular formula is C11H9Br2NO2S2. The van der Waals surface area contributed by atoms with Crippen LogP contribution < -0.4 is 4.72 Å². The van der Waals surface area contributed by atoms with Gasteiger partial charge in [-0.1, -0.05) is 15.9 Å². The lowest BCUT2D eigenvalue weighted by molar-refractivity contribution is 0.603. The van der Waals surface area contributed by atoms with Gasteiger partial charge in [-0.25, -0.2) is 8.42 Å². The van der Waals surface area contributed by atoms with Crippen molar-refractivity contribution in [1.29, 1.82) is 0 Å². The van der Waals surface area contributed by atoms with Crippen molar-refractivity contribution in [1.82, 2.24) is 0 Å². The van der Waals surface area contributed by atoms with Crippen LogP contribution >= 0.6 is 43.2 Å². The van der Waals surface area contributed by atoms with Crippen molar-refractivity contribution in [2.45, 2.75) is 11.1 Å². The molecule has 0 aliphatic heterocycles. The fourth-order valence-electron chi connectivity index (χ4n) is 1.44. The van der Waals surface area contributed by atoms with Gasteiger partial charge in [0.05, 0.1) is 9.47 Å². The fourth-order valence-corrected chi connectivity index (χ4v) is 5.10. The SMILES string of the molecule is Cc1cc(Br)cc(NS(=O)(=O)c2ccc(Br)s2)c1. The molecule has 0 bridgehead atoms. The second kappa shape index (κ2) is 5.32. The van der Waals surface area contributed by atoms with Gasteiger partial charge < -0.3 is 0 Å². The van der Waals surface area contributed by atoms with Crippen LogP contribution in [-0.4, -0.2) is 8.42 Å². The minimum absolute atomic E-state index is 0.284. The molecule has 0 aliphatic rings. The van der Waals surface area contributed by atoms with Gasteiger partial charge in [-0.2, -0.15) is 0 Å². The Bertz CT molecular complexity index is 660. The molecule has 18 heavy (non-hydrogen) atoms. The summed E-state index contributed by atoms with van der Waals surface area (Å²) in [5, 5.41) is 0. The third kappa shape index (κ3) is 3.34. The highest BCUT2D eigenvalue weighted by Crippen LogP contribution is 2.28. The van der Waals surface area contributed by atoms with E-state index in [0.717, 1.165) is 13.8 Å². The van der Waals surface area contributed by atoms with Crippen LogP contribution in [0, 0.1) is 6.92 Å². The van der Waals surface area contributed by atoms with E-state index in [2.05, 4.69) is 36.6 Å². The van der Waals surface area contributed by atoms with Crippen molar-refractivity contribution in [3.8, 4) is 0 Å². The zero-order valence-electron chi connectivity index (χ0n) is 9.28. The average molecular weight is 411 g/mol. The minimum atomic E-state index is -3.51. The van der Waals surface area contributed by atoms with E-state index in [0.29, 0.717) is 5.69 Å². The molecule has 7 heteroatoms. The summed E-state index contributed by atoms with van der Waals surface area (Å²) < 4.78 is 28.7. The molecule has 0 amide bonds. The van der Waals surface area contributed by atoms with Crippen LogP contribution in [0.4, 0.5) is 5.69 Å². The normalized spacial score (nSPS) is 11.5. The first-order valence-corrected chi connectivity index (χ1v) is 8.81. The third-order valence-electron chi connectivity index (χ3n) is 2.11. The molecule has 0 saturated heterocycles. The number of benzene rings is 1. The standard InChI is InChI=1S/C11H9Br2NO2S2/c1-7-4-8(12)6-9(5-7)14-18(15,16)11-3-2-10(13)17-11/h2-6,14H,1H3. The monoisotopic (exact) mass is 409 g/mol. The molecule has 1 N–H and O–H groups in total. The minimum Gasteiger partial charge on any atom is -0.279 e. The Morgan fingerprint density at radius 3 is 2.44 bits per heavy atom. The fraction of sp³-hybridized carbons (Fsp3) is 0.0909. The summed E-state index contributed by atoms with van der Waals surface area (Å²) >= 11 is 7.77. The van der Waals surface area contributed by atoms with E-state index in [4.69, 9.17) is 0 Å². The number of anilines is 1. The summed E-state index contributed by atoms with van der Waals surface area (Å²) in [6.07, 6.45) is 0. The van der Waals surface area contributed by atoms with Crippen molar-refractivity contribution >= 4 is 58.9 Å². The van der Waals surface area contributed by atoms with Gasteiger partial charge in [0.1, 0.15) is 4.21 Å². The highest BCUT2D eigenvalue weighted by Gasteiger charge is 2.16. The van der Waals surface area contributed by atoms with Gasteiger partial charge >= 0.3 is 0 Å². The van der Waals surface area contributed by atoms with Crippen LogP contribution in [0.1, 0.15) is 5.56 Å². The number of sulfonamides is 1. The second-order valence-corrected chi connectivity index (χ2v) is 8.97. The van der Waals surface area contributed by atoms with Gasteiger partial charge in [0.25, 0.3) is 10.0 Å². The smallest absolute Gasteiger partial charge is 0.271 e. The summed E-state index contributed by atoms with van der Waals surface area (Å²) in [4.78, 5) is 0. The molecule has 0 radical (unpaired) electrons. The maximum absolute atomic E-state index is 12.1. The Balaban J connectivity index is 2.33. The molecule has 1 aromatic heterocycles. The summed E-state index contributed by atoms with van der Waals surface area (Å²) in [6, 6.07) is 8.71. The van der Waals surface area contributed by atoms with Crippen LogP contribution in [0.2, 0.25) is 0 Å². The van der Waals surface area contributed by atoms with Gasteiger partial charge in [-0.15, -0.1) is 11.3 Å². The summed E-state index contributed by atoms with van der Waals surface area (Å²) in [7, 11) is -3.51. The lowest BCUT2D eigenvalue weighted by atomic mass is 10.2. The van der Waals surface area contributed by atoms with Crippen LogP contribution in [0.3, 0.4) is 0 Å². The Morgan fingerprint density at radius 1 is 1.17 bits per heavy atom. The van der Waals surface area contributed by atoms with Crippen molar-refractivity contribution in [3.63, 3.8) is 0 Å². The van der Waals surface area contributed by atoms with E-state index in [9.17, 15) is 8.42 Å². The van der Waals surface area contributed by atoms with E-state index in [1.165, 1.54) is 11.3 Å². The van der Waals surface area contributed by atoms with Crippen molar-refractivity contribution < 1.29 is 8.42 Å². The number of aryl methyl sites for hydroxylation is 1. The van der Waals surface area contributed by atoms with Crippen LogP contribution in [0.25, 0.3) is 0 Å². The molecule has 2 aromatic rings. The van der Waals surface area contributed by atoms with Gasteiger partial charge in [-0.05, 0) is 58.7 Å². The molecule has 0 fully saturated rings. The molecule has 96 valence electrons. The number of nitrogens with one attached hydrogen (secondary N) is 1. The molecule has 0 saturated carbocycles. The molecule has 1 heterocycles. The first-order chi connectivity index (χ1) is 8.37. The number of halogens is 2. The van der Waals surface area contributed by atoms with E-state index < -0.39 is 10.0 Å². The number of thiophene rings is 1. The van der Waals surface area contributed by atoms with Crippen molar-refractivity contribution in [3.05, 3.63) is 44.2 Å². The van der Waals surface area contributed by atoms with E-state index in [1.807, 2.05) is 13.0 Å². The van der Waals surface area contributed by atoms with Crippen LogP contribution in [0.5, 0.6) is 0 Å². The van der Waals surface area contributed by atoms with Crippen LogP contribution in [-0.2, 0) is 10.0 Å². The maximum Gasteiger partial charge on any atom is 0.271 e. The Hall–Kier alpha value is -0.370. The lowest BCUT2D eigenvalue weighted by Crippen LogP contribution is -2.11. The molecule has 0 spiro atoms. The van der Waals surface area contributed by atoms with E-state index >= 15 is 0 Å². The molecule has 3 nitrogen and oxygen atoms in total. The molecule has 2 rings (SSSR count). The number of hydrogen-bond donors (Lipinski definition) is 1. The highest BCUT2D eigenvalue weighted by molar-refractivity contribution is 9.11. The quantitative estimate of drug-likeness (QED) is 0.815. The molecule has 0 atom stereocenters. The van der Waals surface area contributed by atoms with Gasteiger partial charge in [0.15, 0.2) is 0 Å². The topological polar surface area (TPSA) is 46.2 Å². The van der Waals surface area contributed by atoms with Crippen molar-refractivity contribution in [2.75, 3.05) is 4.72 Å². The predicted molar refractivity (Wildman–Crippen MR) is 81.7 cm³/mol. The third-order valence-corrected chi connectivity index (χ3v) is 6.06. The zero-order valence-corrected chi connectivity index (χ0v) is 14.1. The summed E-state index contributed by atoms with van der Waals surface area (Å²) in [6.45, 7) is 1.91. The summed E-state index contributed by atoms with van der Waals surface area (Å²) in [5.74, 6) is 0. The Kier molecular flexibility index (Phi) is 4.15. The second-order valence-electron chi connectivity index (χ2n) is 3.68. The summed E-state index contributed by atoms with van der Waals surface area (Å²) in [5.41, 5.74) is 1.53. The number of hydrogen-bond acceptors (Lipinski definition) is 3. The van der Waals surface area contributed by atoms with Crippen LogP contribution in [0.15, 0.2) is 42.8 Å². The Morgan fingerprint density at radius 2 is 1.89 bits per heavy atom. The molecule has 1 aromatic carbocycles. The van der Waals surface area contributed by atoms with E-state index in [1.54, 1.807) is 24.3 Å². The predicted octanol–water partition coefficient (Wildman–Crippen LogP) is 4.38. The first kappa shape index (κ1) is 14.0. The van der Waals surface area contributed by atoms with Gasteiger partial charge in [0, 0.05) is 4.47 Å². The maximum atomic E-state index is 12.1. The van der Waals surface area contributed by atoms with E-state index in [-0.39, 0.29) is 4.21 Å².